The van der Waals surface area contributed by atoms with Crippen molar-refractivity contribution in [3.8, 4) is 0 Å². The summed E-state index contributed by atoms with van der Waals surface area (Å²) in [6.07, 6.45) is 2.49. The Bertz CT molecular complexity index is 708. The number of carbonyl (C=O) groups excluding carboxylic acids is 1. The average molecular weight is 309 g/mol. The molecule has 0 aliphatic carbocycles. The molecule has 0 saturated heterocycles. The first-order chi connectivity index (χ1) is 11.1. The maximum atomic E-state index is 11.8. The van der Waals surface area contributed by atoms with Crippen LogP contribution in [0.25, 0.3) is 0 Å². The second-order valence-electron chi connectivity index (χ2n) is 5.64. The first kappa shape index (κ1) is 16.9. The van der Waals surface area contributed by atoms with Crippen molar-refractivity contribution in [3.05, 3.63) is 53.6 Å². The van der Waals surface area contributed by atoms with Gasteiger partial charge in [-0.3, -0.25) is 4.79 Å². The largest absolute Gasteiger partial charge is 0.326 e. The van der Waals surface area contributed by atoms with Crippen LogP contribution in [0.2, 0.25) is 0 Å². The Hall–Kier alpha value is -2.49. The van der Waals surface area contributed by atoms with E-state index < -0.39 is 0 Å². The molecule has 0 radical (unpaired) electrons. The molecular formula is C19H23N3O. The normalized spacial score (nSPS) is 10.9. The lowest BCUT2D eigenvalue weighted by Crippen LogP contribution is -2.11. The average Bonchev–Trinajstić information content (AvgIpc) is 2.54. The molecule has 23 heavy (non-hydrogen) atoms. The number of carbonyl (C=O) groups is 1. The number of unbranched alkanes of at least 4 members (excludes halogenated alkanes) is 1. The minimum atomic E-state index is 0.0595. The van der Waals surface area contributed by atoms with Gasteiger partial charge in [-0.15, -0.1) is 0 Å². The summed E-state index contributed by atoms with van der Waals surface area (Å²) in [5.74, 6) is 0.0595. The Balaban J connectivity index is 2.07. The van der Waals surface area contributed by atoms with Gasteiger partial charge in [0.1, 0.15) is 0 Å². The number of azo groups is 1. The van der Waals surface area contributed by atoms with Crippen LogP contribution in [-0.4, -0.2) is 5.91 Å². The number of hydrogen-bond acceptors (Lipinski definition) is 3. The smallest absolute Gasteiger partial charge is 0.224 e. The Morgan fingerprint density at radius 1 is 1.04 bits per heavy atom. The van der Waals surface area contributed by atoms with Gasteiger partial charge in [-0.2, -0.15) is 10.2 Å². The summed E-state index contributed by atoms with van der Waals surface area (Å²) in [5.41, 5.74) is 4.55. The maximum Gasteiger partial charge on any atom is 0.224 e. The van der Waals surface area contributed by atoms with E-state index in [0.717, 1.165) is 41.0 Å². The quantitative estimate of drug-likeness (QED) is 0.669. The van der Waals surface area contributed by atoms with Crippen LogP contribution in [-0.2, 0) is 4.79 Å². The number of aryl methyl sites for hydroxylation is 2. The number of nitrogens with one attached hydrogen (secondary N) is 1. The molecule has 0 aliphatic rings. The molecule has 0 aliphatic heterocycles. The molecule has 4 heteroatoms. The van der Waals surface area contributed by atoms with Gasteiger partial charge in [-0.05, 0) is 55.7 Å². The second-order valence-corrected chi connectivity index (χ2v) is 5.64. The minimum absolute atomic E-state index is 0.0595. The van der Waals surface area contributed by atoms with Crippen LogP contribution < -0.4 is 5.32 Å². The molecule has 0 aromatic heterocycles. The van der Waals surface area contributed by atoms with Gasteiger partial charge < -0.3 is 5.32 Å². The van der Waals surface area contributed by atoms with Crippen LogP contribution in [0.4, 0.5) is 17.1 Å². The third kappa shape index (κ3) is 5.02. The number of rotatable bonds is 6. The number of hydrogen-bond donors (Lipinski definition) is 1. The molecule has 0 heterocycles. The van der Waals surface area contributed by atoms with E-state index in [1.807, 2.05) is 56.3 Å². The molecule has 0 atom stereocenters. The fourth-order valence-corrected chi connectivity index (χ4v) is 2.19. The van der Waals surface area contributed by atoms with E-state index in [9.17, 15) is 4.79 Å². The van der Waals surface area contributed by atoms with Gasteiger partial charge in [0, 0.05) is 12.1 Å². The van der Waals surface area contributed by atoms with Crippen LogP contribution in [0.1, 0.15) is 37.3 Å². The zero-order valence-corrected chi connectivity index (χ0v) is 14.0. The molecule has 1 amide bonds. The number of nitrogens with zero attached hydrogens (tertiary/aromatic N) is 2. The van der Waals surface area contributed by atoms with Crippen molar-refractivity contribution in [1.82, 2.24) is 0 Å². The lowest BCUT2D eigenvalue weighted by molar-refractivity contribution is -0.116. The number of amides is 1. The topological polar surface area (TPSA) is 53.8 Å². The van der Waals surface area contributed by atoms with Gasteiger partial charge >= 0.3 is 0 Å². The molecule has 1 N–H and O–H groups in total. The number of anilines is 1. The van der Waals surface area contributed by atoms with Crippen molar-refractivity contribution in [2.75, 3.05) is 5.32 Å². The molecule has 120 valence electrons. The van der Waals surface area contributed by atoms with Gasteiger partial charge in [0.15, 0.2) is 0 Å². The van der Waals surface area contributed by atoms with Crippen molar-refractivity contribution >= 4 is 23.0 Å². The highest BCUT2D eigenvalue weighted by Crippen LogP contribution is 2.25. The lowest BCUT2D eigenvalue weighted by Gasteiger charge is -2.08. The van der Waals surface area contributed by atoms with Crippen LogP contribution in [0.3, 0.4) is 0 Å². The SMILES string of the molecule is CCCCC(=O)Nc1ccc(N=Nc2ccccc2C)cc1C. The fourth-order valence-electron chi connectivity index (χ4n) is 2.19. The Morgan fingerprint density at radius 2 is 1.83 bits per heavy atom. The highest BCUT2D eigenvalue weighted by molar-refractivity contribution is 5.91. The van der Waals surface area contributed by atoms with Gasteiger partial charge in [0.25, 0.3) is 0 Å². The first-order valence-corrected chi connectivity index (χ1v) is 7.98. The van der Waals surface area contributed by atoms with E-state index in [2.05, 4.69) is 22.5 Å². The van der Waals surface area contributed by atoms with Crippen LogP contribution >= 0.6 is 0 Å². The molecule has 2 aromatic carbocycles. The predicted molar refractivity (Wildman–Crippen MR) is 94.7 cm³/mol. The predicted octanol–water partition coefficient (Wildman–Crippen LogP) is 5.85. The molecule has 0 spiro atoms. The lowest BCUT2D eigenvalue weighted by atomic mass is 10.1. The Kier molecular flexibility index (Phi) is 6.03. The highest BCUT2D eigenvalue weighted by Gasteiger charge is 2.05. The molecule has 0 unspecified atom stereocenters. The van der Waals surface area contributed by atoms with E-state index in [0.29, 0.717) is 6.42 Å². The summed E-state index contributed by atoms with van der Waals surface area (Å²) < 4.78 is 0. The minimum Gasteiger partial charge on any atom is -0.326 e. The highest BCUT2D eigenvalue weighted by atomic mass is 16.1. The van der Waals surface area contributed by atoms with Gasteiger partial charge in [-0.1, -0.05) is 31.5 Å². The fraction of sp³-hybridized carbons (Fsp3) is 0.316. The second kappa shape index (κ2) is 8.22. The molecular weight excluding hydrogens is 286 g/mol. The molecule has 2 aromatic rings. The van der Waals surface area contributed by atoms with E-state index in [1.165, 1.54) is 0 Å². The number of benzene rings is 2. The van der Waals surface area contributed by atoms with Crippen LogP contribution in [0.5, 0.6) is 0 Å². The molecule has 0 fully saturated rings. The van der Waals surface area contributed by atoms with Crippen molar-refractivity contribution in [1.29, 1.82) is 0 Å². The first-order valence-electron chi connectivity index (χ1n) is 7.98. The molecule has 0 saturated carbocycles. The van der Waals surface area contributed by atoms with Crippen molar-refractivity contribution in [2.24, 2.45) is 10.2 Å². The van der Waals surface area contributed by atoms with Crippen molar-refractivity contribution < 1.29 is 4.79 Å². The Morgan fingerprint density at radius 3 is 2.52 bits per heavy atom. The van der Waals surface area contributed by atoms with E-state index in [1.54, 1.807) is 0 Å². The molecule has 4 nitrogen and oxygen atoms in total. The summed E-state index contributed by atoms with van der Waals surface area (Å²) in [6.45, 7) is 6.05. The van der Waals surface area contributed by atoms with Crippen LogP contribution in [0.15, 0.2) is 52.7 Å². The summed E-state index contributed by atoms with van der Waals surface area (Å²) in [6, 6.07) is 13.5. The van der Waals surface area contributed by atoms with Crippen molar-refractivity contribution in [3.63, 3.8) is 0 Å². The van der Waals surface area contributed by atoms with E-state index in [-0.39, 0.29) is 5.91 Å². The van der Waals surface area contributed by atoms with Gasteiger partial charge in [0.05, 0.1) is 11.4 Å². The van der Waals surface area contributed by atoms with Gasteiger partial charge in [0.2, 0.25) is 5.91 Å². The zero-order chi connectivity index (χ0) is 16.7. The van der Waals surface area contributed by atoms with E-state index >= 15 is 0 Å². The Labute approximate surface area is 137 Å². The summed E-state index contributed by atoms with van der Waals surface area (Å²) >= 11 is 0. The third-order valence-electron chi connectivity index (χ3n) is 3.63. The van der Waals surface area contributed by atoms with E-state index in [4.69, 9.17) is 0 Å². The molecule has 0 bridgehead atoms. The van der Waals surface area contributed by atoms with Crippen LogP contribution in [0, 0.1) is 13.8 Å². The third-order valence-corrected chi connectivity index (χ3v) is 3.63. The summed E-state index contributed by atoms with van der Waals surface area (Å²) in [5, 5.41) is 11.5. The zero-order valence-electron chi connectivity index (χ0n) is 14.0. The van der Waals surface area contributed by atoms with Crippen molar-refractivity contribution in [2.45, 2.75) is 40.0 Å². The summed E-state index contributed by atoms with van der Waals surface area (Å²) in [4.78, 5) is 11.8. The maximum absolute atomic E-state index is 11.8. The standard InChI is InChI=1S/C19H23N3O/c1-4-5-10-19(23)20-17-12-11-16(13-15(17)3)21-22-18-9-7-6-8-14(18)2/h6-9,11-13H,4-5,10H2,1-3H3,(H,20,23). The monoisotopic (exact) mass is 309 g/mol. The summed E-state index contributed by atoms with van der Waals surface area (Å²) in [7, 11) is 0. The molecule has 2 rings (SSSR count). The van der Waals surface area contributed by atoms with Gasteiger partial charge in [-0.25, -0.2) is 0 Å².